The normalized spacial score (nSPS) is 25.1. The van der Waals surface area contributed by atoms with Gasteiger partial charge in [0.1, 0.15) is 35.4 Å². The number of fused-ring (bicyclic) bond motifs is 3. The Balaban J connectivity index is 1.27. The molecule has 0 spiro atoms. The predicted octanol–water partition coefficient (Wildman–Crippen LogP) is 4.72. The van der Waals surface area contributed by atoms with Crippen molar-refractivity contribution in [1.29, 1.82) is 0 Å². The number of nitrogens with zero attached hydrogens (tertiary/aromatic N) is 6. The van der Waals surface area contributed by atoms with Crippen LogP contribution >= 0.6 is 0 Å². The molecule has 2 aliphatic heterocycles. The maximum Gasteiger partial charge on any atom is 0.142 e. The Morgan fingerprint density at radius 1 is 1.03 bits per heavy atom. The largest absolute Gasteiger partial charge is 0.373 e. The minimum absolute atomic E-state index is 0.223. The Kier molecular flexibility index (Phi) is 5.54. The highest BCUT2D eigenvalue weighted by Crippen LogP contribution is 2.46. The highest BCUT2D eigenvalue weighted by molar-refractivity contribution is 5.72. The molecule has 35 heavy (non-hydrogen) atoms. The van der Waals surface area contributed by atoms with Crippen molar-refractivity contribution in [3.63, 3.8) is 0 Å². The van der Waals surface area contributed by atoms with E-state index in [4.69, 9.17) is 9.97 Å². The van der Waals surface area contributed by atoms with E-state index in [9.17, 15) is 4.39 Å². The van der Waals surface area contributed by atoms with E-state index in [1.165, 1.54) is 25.0 Å². The summed E-state index contributed by atoms with van der Waals surface area (Å²) in [4.78, 5) is 23.5. The summed E-state index contributed by atoms with van der Waals surface area (Å²) >= 11 is 0. The Morgan fingerprint density at radius 3 is 2.46 bits per heavy atom. The van der Waals surface area contributed by atoms with E-state index in [0.717, 1.165) is 66.3 Å². The van der Waals surface area contributed by atoms with Crippen molar-refractivity contribution in [1.82, 2.24) is 19.9 Å². The van der Waals surface area contributed by atoms with E-state index in [-0.39, 0.29) is 5.82 Å². The molecular formula is C27H32FN7. The fourth-order valence-electron chi connectivity index (χ4n) is 6.42. The van der Waals surface area contributed by atoms with Gasteiger partial charge < -0.3 is 15.1 Å². The molecule has 2 bridgehead atoms. The van der Waals surface area contributed by atoms with Crippen molar-refractivity contribution in [3.05, 3.63) is 59.6 Å². The molecular weight excluding hydrogens is 441 g/mol. The van der Waals surface area contributed by atoms with Crippen LogP contribution in [0.5, 0.6) is 0 Å². The minimum Gasteiger partial charge on any atom is -0.373 e. The average molecular weight is 474 g/mol. The molecule has 0 radical (unpaired) electrons. The van der Waals surface area contributed by atoms with Crippen molar-refractivity contribution in [2.24, 2.45) is 17.8 Å². The van der Waals surface area contributed by atoms with Gasteiger partial charge in [-0.15, -0.1) is 0 Å². The van der Waals surface area contributed by atoms with E-state index in [2.05, 4.69) is 38.1 Å². The summed E-state index contributed by atoms with van der Waals surface area (Å²) in [5, 5.41) is 3.33. The van der Waals surface area contributed by atoms with Gasteiger partial charge in [0.25, 0.3) is 0 Å². The van der Waals surface area contributed by atoms with Crippen LogP contribution in [0.2, 0.25) is 0 Å². The summed E-state index contributed by atoms with van der Waals surface area (Å²) < 4.78 is 13.6. The van der Waals surface area contributed by atoms with Gasteiger partial charge in [-0.1, -0.05) is 6.92 Å². The molecule has 8 heteroatoms. The molecule has 1 saturated carbocycles. The Labute approximate surface area is 205 Å². The van der Waals surface area contributed by atoms with Gasteiger partial charge in [0, 0.05) is 62.0 Å². The lowest BCUT2D eigenvalue weighted by molar-refractivity contribution is 0.265. The number of benzene rings is 1. The zero-order valence-corrected chi connectivity index (χ0v) is 20.6. The number of rotatable bonds is 5. The van der Waals surface area contributed by atoms with Crippen LogP contribution in [0, 0.1) is 30.5 Å². The zero-order valence-electron chi connectivity index (χ0n) is 20.6. The summed E-state index contributed by atoms with van der Waals surface area (Å²) in [6.07, 6.45) is 5.06. The van der Waals surface area contributed by atoms with Crippen molar-refractivity contribution < 1.29 is 4.39 Å². The molecule has 1 saturated heterocycles. The smallest absolute Gasteiger partial charge is 0.142 e. The number of piperidine rings is 1. The SMILES string of the molecule is CNc1nc(CC2C3CCC2CN(c2cc(C)ncn2)C3)nc2c1[C@@H](C)CN2c1ccc(F)cc1. The molecule has 4 heterocycles. The number of nitrogens with one attached hydrogen (secondary N) is 1. The number of aromatic nitrogens is 4. The van der Waals surface area contributed by atoms with Crippen molar-refractivity contribution in [2.75, 3.05) is 41.8 Å². The van der Waals surface area contributed by atoms with Crippen LogP contribution in [0.15, 0.2) is 36.7 Å². The summed E-state index contributed by atoms with van der Waals surface area (Å²) in [5.74, 6) is 5.71. The van der Waals surface area contributed by atoms with Crippen LogP contribution in [-0.4, -0.2) is 46.6 Å². The van der Waals surface area contributed by atoms with Crippen molar-refractivity contribution in [3.8, 4) is 0 Å². The van der Waals surface area contributed by atoms with E-state index in [1.54, 1.807) is 6.33 Å². The molecule has 6 rings (SSSR count). The lowest BCUT2D eigenvalue weighted by atomic mass is 9.82. The van der Waals surface area contributed by atoms with Gasteiger partial charge in [-0.3, -0.25) is 0 Å². The molecule has 1 N–H and O–H groups in total. The van der Waals surface area contributed by atoms with Gasteiger partial charge in [0.15, 0.2) is 0 Å². The van der Waals surface area contributed by atoms with Crippen LogP contribution in [-0.2, 0) is 6.42 Å². The van der Waals surface area contributed by atoms with Crippen LogP contribution in [0.4, 0.5) is 27.5 Å². The van der Waals surface area contributed by atoms with Gasteiger partial charge >= 0.3 is 0 Å². The molecule has 1 aliphatic carbocycles. The van der Waals surface area contributed by atoms with Crippen LogP contribution in [0.1, 0.15) is 42.8 Å². The minimum atomic E-state index is -0.223. The van der Waals surface area contributed by atoms with Crippen molar-refractivity contribution >= 4 is 23.1 Å². The zero-order chi connectivity index (χ0) is 24.1. The van der Waals surface area contributed by atoms with Crippen LogP contribution in [0.25, 0.3) is 0 Å². The monoisotopic (exact) mass is 473 g/mol. The first kappa shape index (κ1) is 22.2. The maximum atomic E-state index is 13.6. The number of anilines is 4. The molecule has 3 aliphatic rings. The number of hydrogen-bond donors (Lipinski definition) is 1. The van der Waals surface area contributed by atoms with Gasteiger partial charge in [0.2, 0.25) is 0 Å². The molecule has 2 aromatic heterocycles. The first-order chi connectivity index (χ1) is 17.0. The third kappa shape index (κ3) is 3.98. The third-order valence-electron chi connectivity index (χ3n) is 8.11. The first-order valence-corrected chi connectivity index (χ1v) is 12.7. The topological polar surface area (TPSA) is 70.1 Å². The van der Waals surface area contributed by atoms with Gasteiger partial charge in [-0.05, 0) is 61.8 Å². The molecule has 2 fully saturated rings. The van der Waals surface area contributed by atoms with E-state index < -0.39 is 0 Å². The molecule has 2 unspecified atom stereocenters. The summed E-state index contributed by atoms with van der Waals surface area (Å²) in [5.41, 5.74) is 3.13. The molecule has 0 amide bonds. The van der Waals surface area contributed by atoms with E-state index in [0.29, 0.717) is 23.7 Å². The average Bonchev–Trinajstić information content (AvgIpc) is 3.29. The van der Waals surface area contributed by atoms with E-state index >= 15 is 0 Å². The predicted molar refractivity (Wildman–Crippen MR) is 136 cm³/mol. The third-order valence-corrected chi connectivity index (χ3v) is 8.11. The Hall–Kier alpha value is -3.29. The Bertz CT molecular complexity index is 1220. The van der Waals surface area contributed by atoms with Gasteiger partial charge in [-0.25, -0.2) is 24.3 Å². The van der Waals surface area contributed by atoms with Crippen LogP contribution < -0.4 is 15.1 Å². The summed E-state index contributed by atoms with van der Waals surface area (Å²) in [6.45, 7) is 7.10. The van der Waals surface area contributed by atoms with E-state index in [1.807, 2.05) is 26.1 Å². The maximum absolute atomic E-state index is 13.6. The van der Waals surface area contributed by atoms with Gasteiger partial charge in [-0.2, -0.15) is 0 Å². The van der Waals surface area contributed by atoms with Crippen molar-refractivity contribution in [2.45, 2.75) is 39.0 Å². The standard InChI is InChI=1S/C27H32FN7/c1-16-12-35(21-8-6-20(28)7-9-21)27-25(16)26(29-3)32-23(33-27)11-22-18-4-5-19(22)14-34(13-18)24-10-17(2)30-15-31-24/h6-10,15-16,18-19,22H,4-5,11-14H2,1-3H3,(H,29,32,33)/t16-,18?,19?,22?/m0/s1. The molecule has 3 aromatic rings. The summed E-state index contributed by atoms with van der Waals surface area (Å²) in [6, 6.07) is 8.80. The van der Waals surface area contributed by atoms with Crippen LogP contribution in [0.3, 0.4) is 0 Å². The highest BCUT2D eigenvalue weighted by Gasteiger charge is 2.43. The summed E-state index contributed by atoms with van der Waals surface area (Å²) in [7, 11) is 1.94. The lowest BCUT2D eigenvalue weighted by Crippen LogP contribution is -2.43. The fraction of sp³-hybridized carbons (Fsp3) is 0.481. The molecule has 1 aromatic carbocycles. The number of aryl methyl sites for hydroxylation is 1. The Morgan fingerprint density at radius 2 is 1.77 bits per heavy atom. The van der Waals surface area contributed by atoms with Gasteiger partial charge in [0.05, 0.1) is 0 Å². The molecule has 7 nitrogen and oxygen atoms in total. The molecule has 182 valence electrons. The second kappa shape index (κ2) is 8.73. The second-order valence-corrected chi connectivity index (χ2v) is 10.4. The molecule has 3 atom stereocenters. The second-order valence-electron chi connectivity index (χ2n) is 10.4. The number of hydrogen-bond acceptors (Lipinski definition) is 7. The number of halogens is 1. The first-order valence-electron chi connectivity index (χ1n) is 12.7. The fourth-order valence-corrected chi connectivity index (χ4v) is 6.42. The highest BCUT2D eigenvalue weighted by atomic mass is 19.1. The lowest BCUT2D eigenvalue weighted by Gasteiger charge is -2.38. The quantitative estimate of drug-likeness (QED) is 0.575.